The van der Waals surface area contributed by atoms with Crippen LogP contribution >= 0.6 is 0 Å². The van der Waals surface area contributed by atoms with Gasteiger partial charge in [0, 0.05) is 19.7 Å². The Morgan fingerprint density at radius 2 is 1.96 bits per heavy atom. The van der Waals surface area contributed by atoms with Crippen molar-refractivity contribution < 1.29 is 22.1 Å². The highest BCUT2D eigenvalue weighted by molar-refractivity contribution is 7.87. The quantitative estimate of drug-likeness (QED) is 0.713. The predicted molar refractivity (Wildman–Crippen MR) is 97.9 cm³/mol. The van der Waals surface area contributed by atoms with Crippen LogP contribution in [0.15, 0.2) is 53.4 Å². The summed E-state index contributed by atoms with van der Waals surface area (Å²) in [5.74, 6) is 0.875. The van der Waals surface area contributed by atoms with E-state index in [9.17, 15) is 8.42 Å². The average molecular weight is 377 g/mol. The van der Waals surface area contributed by atoms with Gasteiger partial charge in [-0.25, -0.2) is 0 Å². The molecule has 0 aromatic heterocycles. The first-order valence-corrected chi connectivity index (χ1v) is 9.97. The molecule has 1 aliphatic heterocycles. The molecular weight excluding hydrogens is 354 g/mol. The number of ether oxygens (including phenoxy) is 2. The van der Waals surface area contributed by atoms with Crippen molar-refractivity contribution in [1.82, 2.24) is 5.32 Å². The zero-order valence-electron chi connectivity index (χ0n) is 14.7. The molecule has 1 unspecified atom stereocenters. The molecule has 0 spiro atoms. The molecule has 7 heteroatoms. The molecule has 1 aliphatic rings. The number of benzene rings is 2. The second-order valence-corrected chi connectivity index (χ2v) is 7.67. The predicted octanol–water partition coefficient (Wildman–Crippen LogP) is 2.73. The van der Waals surface area contributed by atoms with Crippen LogP contribution in [0, 0.1) is 0 Å². The van der Waals surface area contributed by atoms with Crippen LogP contribution in [0.4, 0.5) is 0 Å². The third-order valence-corrected chi connectivity index (χ3v) is 5.44. The van der Waals surface area contributed by atoms with Gasteiger partial charge in [0.25, 0.3) is 0 Å². The van der Waals surface area contributed by atoms with Crippen LogP contribution < -0.4 is 14.2 Å². The molecule has 0 saturated carbocycles. The van der Waals surface area contributed by atoms with Crippen LogP contribution in [0.3, 0.4) is 0 Å². The fourth-order valence-electron chi connectivity index (χ4n) is 2.81. The topological polar surface area (TPSA) is 73.9 Å². The van der Waals surface area contributed by atoms with Gasteiger partial charge in [0.2, 0.25) is 0 Å². The minimum Gasteiger partial charge on any atom is -0.497 e. The highest BCUT2D eigenvalue weighted by Gasteiger charge is 2.17. The van der Waals surface area contributed by atoms with Gasteiger partial charge in [0.05, 0.1) is 13.2 Å². The maximum Gasteiger partial charge on any atom is 0.339 e. The number of methoxy groups -OCH3 is 1. The summed E-state index contributed by atoms with van der Waals surface area (Å²) >= 11 is 0. The van der Waals surface area contributed by atoms with Crippen LogP contribution in [0.2, 0.25) is 0 Å². The lowest BCUT2D eigenvalue weighted by Crippen LogP contribution is -2.25. The van der Waals surface area contributed by atoms with Gasteiger partial charge in [-0.15, -0.1) is 0 Å². The molecule has 26 heavy (non-hydrogen) atoms. The summed E-state index contributed by atoms with van der Waals surface area (Å²) in [6.07, 6.45) is 2.46. The molecule has 2 aromatic carbocycles. The van der Waals surface area contributed by atoms with Crippen LogP contribution in [-0.2, 0) is 21.4 Å². The zero-order chi connectivity index (χ0) is 18.4. The molecule has 1 saturated heterocycles. The average Bonchev–Trinajstić information content (AvgIpc) is 3.15. The summed E-state index contributed by atoms with van der Waals surface area (Å²) in [4.78, 5) is 0.0835. The van der Waals surface area contributed by atoms with Gasteiger partial charge in [-0.05, 0) is 54.8 Å². The first-order chi connectivity index (χ1) is 12.6. The zero-order valence-corrected chi connectivity index (χ0v) is 15.5. The monoisotopic (exact) mass is 377 g/mol. The van der Waals surface area contributed by atoms with Crippen molar-refractivity contribution in [3.05, 3.63) is 54.1 Å². The van der Waals surface area contributed by atoms with Gasteiger partial charge in [-0.1, -0.05) is 12.1 Å². The molecule has 1 atom stereocenters. The molecule has 140 valence electrons. The Morgan fingerprint density at radius 3 is 2.65 bits per heavy atom. The van der Waals surface area contributed by atoms with Gasteiger partial charge < -0.3 is 19.0 Å². The third-order valence-electron chi connectivity index (χ3n) is 4.18. The van der Waals surface area contributed by atoms with Crippen molar-refractivity contribution in [2.75, 3.05) is 20.3 Å². The van der Waals surface area contributed by atoms with E-state index in [4.69, 9.17) is 13.7 Å². The minimum atomic E-state index is -3.88. The maximum atomic E-state index is 12.4. The van der Waals surface area contributed by atoms with Crippen molar-refractivity contribution in [3.63, 3.8) is 0 Å². The number of nitrogens with one attached hydrogen (secondary N) is 1. The van der Waals surface area contributed by atoms with E-state index in [1.165, 1.54) is 19.2 Å². The second kappa shape index (κ2) is 8.53. The van der Waals surface area contributed by atoms with Crippen molar-refractivity contribution in [2.24, 2.45) is 0 Å². The second-order valence-electron chi connectivity index (χ2n) is 6.13. The first kappa shape index (κ1) is 18.7. The largest absolute Gasteiger partial charge is 0.497 e. The van der Waals surface area contributed by atoms with E-state index in [0.717, 1.165) is 31.6 Å². The molecule has 2 aromatic rings. The molecule has 0 bridgehead atoms. The normalized spacial score (nSPS) is 17.2. The lowest BCUT2D eigenvalue weighted by molar-refractivity contribution is 0.110. The Hall–Kier alpha value is -2.09. The molecule has 3 rings (SSSR count). The molecule has 1 N–H and O–H groups in total. The smallest absolute Gasteiger partial charge is 0.339 e. The molecule has 0 amide bonds. The Labute approximate surface area is 154 Å². The van der Waals surface area contributed by atoms with Gasteiger partial charge >= 0.3 is 10.1 Å². The van der Waals surface area contributed by atoms with E-state index >= 15 is 0 Å². The van der Waals surface area contributed by atoms with Gasteiger partial charge in [-0.3, -0.25) is 0 Å². The molecule has 0 aliphatic carbocycles. The van der Waals surface area contributed by atoms with Gasteiger partial charge in [-0.2, -0.15) is 8.42 Å². The first-order valence-electron chi connectivity index (χ1n) is 8.56. The SMILES string of the molecule is COc1ccc(S(=O)(=O)Oc2cccc(CNCC3CCCO3)c2)cc1. The number of hydrogen-bond acceptors (Lipinski definition) is 6. The van der Waals surface area contributed by atoms with Crippen LogP contribution in [0.5, 0.6) is 11.5 Å². The summed E-state index contributed by atoms with van der Waals surface area (Å²) in [5.41, 5.74) is 0.949. The molecular formula is C19H23NO5S. The lowest BCUT2D eigenvalue weighted by Gasteiger charge is -2.12. The summed E-state index contributed by atoms with van der Waals surface area (Å²) in [5, 5.41) is 3.33. The number of rotatable bonds is 8. The minimum absolute atomic E-state index is 0.0835. The third kappa shape index (κ3) is 4.97. The van der Waals surface area contributed by atoms with Crippen LogP contribution in [0.1, 0.15) is 18.4 Å². The Bertz CT molecular complexity index is 814. The summed E-state index contributed by atoms with van der Waals surface area (Å²) < 4.78 is 40.7. The van der Waals surface area contributed by atoms with E-state index in [2.05, 4.69) is 5.32 Å². The van der Waals surface area contributed by atoms with Gasteiger partial charge in [0.1, 0.15) is 16.4 Å². The van der Waals surface area contributed by atoms with E-state index in [0.29, 0.717) is 12.3 Å². The fraction of sp³-hybridized carbons (Fsp3) is 0.368. The van der Waals surface area contributed by atoms with Crippen molar-refractivity contribution in [3.8, 4) is 11.5 Å². The lowest BCUT2D eigenvalue weighted by atomic mass is 10.2. The summed E-state index contributed by atoms with van der Waals surface area (Å²) in [7, 11) is -2.36. The van der Waals surface area contributed by atoms with Crippen molar-refractivity contribution in [1.29, 1.82) is 0 Å². The highest BCUT2D eigenvalue weighted by Crippen LogP contribution is 2.22. The number of hydrogen-bond donors (Lipinski definition) is 1. The molecule has 6 nitrogen and oxygen atoms in total. The van der Waals surface area contributed by atoms with Crippen LogP contribution in [-0.4, -0.2) is 34.8 Å². The Morgan fingerprint density at radius 1 is 1.15 bits per heavy atom. The highest BCUT2D eigenvalue weighted by atomic mass is 32.2. The van der Waals surface area contributed by atoms with E-state index in [-0.39, 0.29) is 16.7 Å². The van der Waals surface area contributed by atoms with Crippen molar-refractivity contribution >= 4 is 10.1 Å². The summed E-state index contributed by atoms with van der Waals surface area (Å²) in [6.45, 7) is 2.24. The van der Waals surface area contributed by atoms with Crippen molar-refractivity contribution in [2.45, 2.75) is 30.4 Å². The molecule has 1 heterocycles. The van der Waals surface area contributed by atoms with E-state index < -0.39 is 10.1 Å². The molecule has 1 fully saturated rings. The van der Waals surface area contributed by atoms with E-state index in [1.807, 2.05) is 6.07 Å². The Balaban J connectivity index is 1.61. The maximum absolute atomic E-state index is 12.4. The van der Waals surface area contributed by atoms with Crippen LogP contribution in [0.25, 0.3) is 0 Å². The Kier molecular flexibility index (Phi) is 6.13. The molecule has 0 radical (unpaired) electrons. The fourth-order valence-corrected chi connectivity index (χ4v) is 3.73. The van der Waals surface area contributed by atoms with Gasteiger partial charge in [0.15, 0.2) is 0 Å². The standard InChI is InChI=1S/C19H23NO5S/c1-23-16-7-9-19(10-8-16)26(21,22)25-17-5-2-4-15(12-17)13-20-14-18-6-3-11-24-18/h2,4-5,7-10,12,18,20H,3,6,11,13-14H2,1H3. The van der Waals surface area contributed by atoms with E-state index in [1.54, 1.807) is 30.3 Å². The summed E-state index contributed by atoms with van der Waals surface area (Å²) in [6, 6.07) is 13.2.